The number of aliphatic hydroxyl groups is 1. The highest BCUT2D eigenvalue weighted by atomic mass is 35.5. The molecule has 214 valence electrons. The Bertz CT molecular complexity index is 837. The van der Waals surface area contributed by atoms with Crippen LogP contribution in [-0.4, -0.2) is 63.3 Å². The molecule has 0 heterocycles. The predicted molar refractivity (Wildman–Crippen MR) is 138 cm³/mol. The first kappa shape index (κ1) is 33.3. The summed E-state index contributed by atoms with van der Waals surface area (Å²) in [4.78, 5) is 12.3. The predicted octanol–water partition coefficient (Wildman–Crippen LogP) is 4.27. The minimum Gasteiger partial charge on any atom is -0.493 e. The molecule has 1 aromatic rings. The quantitative estimate of drug-likeness (QED) is 0.280. The Hall–Kier alpha value is -1.75. The number of benzene rings is 1. The second kappa shape index (κ2) is 15.0. The van der Waals surface area contributed by atoms with Crippen LogP contribution in [0.1, 0.15) is 51.5 Å². The lowest BCUT2D eigenvalue weighted by Crippen LogP contribution is -2.56. The number of carbonyl (C=O) groups excluding carboxylic acids is 1. The molecule has 0 spiro atoms. The second-order valence-corrected chi connectivity index (χ2v) is 10.00. The van der Waals surface area contributed by atoms with Crippen molar-refractivity contribution in [2.24, 2.45) is 23.0 Å². The molecule has 1 aliphatic rings. The Morgan fingerprint density at radius 2 is 1.86 bits per heavy atom. The van der Waals surface area contributed by atoms with E-state index in [2.05, 4.69) is 19.2 Å². The van der Waals surface area contributed by atoms with Gasteiger partial charge in [-0.1, -0.05) is 26.3 Å². The number of hydrogen-bond acceptors (Lipinski definition) is 6. The van der Waals surface area contributed by atoms with Crippen LogP contribution < -0.4 is 20.5 Å². The number of aliphatic hydroxyl groups excluding tert-OH is 1. The first-order valence-electron chi connectivity index (χ1n) is 12.5. The van der Waals surface area contributed by atoms with Crippen LogP contribution >= 0.6 is 12.4 Å². The molecular formula is C26H42ClF3N2O5. The minimum absolute atomic E-state index is 0. The van der Waals surface area contributed by atoms with Gasteiger partial charge in [0.05, 0.1) is 19.8 Å². The van der Waals surface area contributed by atoms with Crippen molar-refractivity contribution >= 4 is 18.3 Å². The highest BCUT2D eigenvalue weighted by molar-refractivity contribution is 5.85. The molecule has 0 saturated heterocycles. The molecule has 1 saturated carbocycles. The van der Waals surface area contributed by atoms with Crippen LogP contribution in [-0.2, 0) is 16.0 Å². The van der Waals surface area contributed by atoms with Crippen LogP contribution in [0.15, 0.2) is 18.2 Å². The minimum atomic E-state index is -4.60. The molecule has 1 aromatic carbocycles. The number of ether oxygens (including phenoxy) is 3. The van der Waals surface area contributed by atoms with Crippen molar-refractivity contribution in [1.29, 1.82) is 0 Å². The number of hydrogen-bond donors (Lipinski definition) is 3. The van der Waals surface area contributed by atoms with Crippen molar-refractivity contribution in [1.82, 2.24) is 5.32 Å². The fraction of sp³-hybridized carbons (Fsp3) is 0.731. The normalized spacial score (nSPS) is 17.2. The Morgan fingerprint density at radius 1 is 1.19 bits per heavy atom. The highest BCUT2D eigenvalue weighted by Crippen LogP contribution is 2.53. The highest BCUT2D eigenvalue weighted by Gasteiger charge is 2.63. The molecule has 3 atom stereocenters. The molecule has 1 amide bonds. The lowest BCUT2D eigenvalue weighted by atomic mass is 9.67. The van der Waals surface area contributed by atoms with Crippen LogP contribution in [0, 0.1) is 17.3 Å². The van der Waals surface area contributed by atoms with E-state index in [9.17, 15) is 23.1 Å². The Balaban J connectivity index is 0.00000684. The van der Waals surface area contributed by atoms with Crippen molar-refractivity contribution in [3.05, 3.63) is 23.8 Å². The summed E-state index contributed by atoms with van der Waals surface area (Å²) < 4.78 is 56.4. The van der Waals surface area contributed by atoms with E-state index in [1.54, 1.807) is 14.2 Å². The summed E-state index contributed by atoms with van der Waals surface area (Å²) >= 11 is 0. The average molecular weight is 555 g/mol. The number of nitrogens with one attached hydrogen (secondary N) is 1. The van der Waals surface area contributed by atoms with E-state index in [1.807, 2.05) is 18.2 Å². The fourth-order valence-corrected chi connectivity index (χ4v) is 4.43. The van der Waals surface area contributed by atoms with Crippen molar-refractivity contribution in [3.8, 4) is 11.5 Å². The first-order valence-corrected chi connectivity index (χ1v) is 12.5. The van der Waals surface area contributed by atoms with Gasteiger partial charge in [-0.15, -0.1) is 12.4 Å². The molecule has 7 nitrogen and oxygen atoms in total. The van der Waals surface area contributed by atoms with Gasteiger partial charge in [0.2, 0.25) is 5.91 Å². The van der Waals surface area contributed by atoms with E-state index in [0.717, 1.165) is 12.0 Å². The maximum absolute atomic E-state index is 13.4. The van der Waals surface area contributed by atoms with E-state index in [4.69, 9.17) is 19.9 Å². The SMILES string of the molecule is COCCCOc1cc(C[C@@H](C[C@H](N)[C@@H](O)CNC(=O)C2(C(F)(F)F)CCC2)C(C)C)ccc1OC.Cl. The number of rotatable bonds is 15. The van der Waals surface area contributed by atoms with Crippen LogP contribution in [0.2, 0.25) is 0 Å². The summed E-state index contributed by atoms with van der Waals surface area (Å²) in [6, 6.07) is 5.02. The number of halogens is 4. The van der Waals surface area contributed by atoms with Crippen LogP contribution in [0.3, 0.4) is 0 Å². The zero-order chi connectivity index (χ0) is 26.9. The Morgan fingerprint density at radius 3 is 2.38 bits per heavy atom. The summed E-state index contributed by atoms with van der Waals surface area (Å²) in [7, 11) is 3.21. The van der Waals surface area contributed by atoms with Gasteiger partial charge in [0.1, 0.15) is 5.41 Å². The van der Waals surface area contributed by atoms with E-state index in [-0.39, 0.29) is 43.6 Å². The molecule has 4 N–H and O–H groups in total. The molecule has 0 radical (unpaired) electrons. The monoisotopic (exact) mass is 554 g/mol. The van der Waals surface area contributed by atoms with Gasteiger partial charge >= 0.3 is 6.18 Å². The van der Waals surface area contributed by atoms with Crippen LogP contribution in [0.4, 0.5) is 13.2 Å². The van der Waals surface area contributed by atoms with E-state index in [0.29, 0.717) is 44.0 Å². The van der Waals surface area contributed by atoms with Gasteiger partial charge in [0.25, 0.3) is 0 Å². The zero-order valence-electron chi connectivity index (χ0n) is 22.1. The average Bonchev–Trinajstić information content (AvgIpc) is 2.78. The summed E-state index contributed by atoms with van der Waals surface area (Å²) in [5, 5.41) is 12.8. The standard InChI is InChI=1S/C26H41F3N2O5.ClH/c1-17(2)19(13-18-7-8-22(35-4)23(14-18)36-12-6-11-34-3)15-20(30)21(32)16-31-24(33)25(9-5-10-25)26(27,28)29;/h7-8,14,17,19-21,32H,5-6,9-13,15-16,30H2,1-4H3,(H,31,33);1H/t19-,20-,21-;/m0./s1. The molecular weight excluding hydrogens is 513 g/mol. The summed E-state index contributed by atoms with van der Waals surface area (Å²) in [6.45, 7) is 4.88. The third kappa shape index (κ3) is 8.90. The fourth-order valence-electron chi connectivity index (χ4n) is 4.43. The van der Waals surface area contributed by atoms with E-state index < -0.39 is 29.6 Å². The van der Waals surface area contributed by atoms with E-state index in [1.165, 1.54) is 0 Å². The number of amides is 1. The molecule has 0 bridgehead atoms. The maximum atomic E-state index is 13.4. The summed E-state index contributed by atoms with van der Waals surface area (Å²) in [5.74, 6) is 0.505. The Labute approximate surface area is 224 Å². The number of methoxy groups -OCH3 is 2. The summed E-state index contributed by atoms with van der Waals surface area (Å²) in [5.41, 5.74) is 4.91. The second-order valence-electron chi connectivity index (χ2n) is 10.00. The molecule has 0 aromatic heterocycles. The molecule has 1 fully saturated rings. The molecule has 11 heteroatoms. The van der Waals surface area contributed by atoms with Crippen LogP contribution in [0.25, 0.3) is 0 Å². The van der Waals surface area contributed by atoms with Crippen molar-refractivity contribution in [2.45, 2.75) is 70.7 Å². The van der Waals surface area contributed by atoms with E-state index >= 15 is 0 Å². The molecule has 0 unspecified atom stereocenters. The van der Waals surface area contributed by atoms with Gasteiger partial charge in [0.15, 0.2) is 11.5 Å². The molecule has 1 aliphatic carbocycles. The van der Waals surface area contributed by atoms with Gasteiger partial charge in [-0.25, -0.2) is 0 Å². The van der Waals surface area contributed by atoms with Crippen molar-refractivity contribution in [3.63, 3.8) is 0 Å². The Kier molecular flexibility index (Phi) is 13.5. The zero-order valence-corrected chi connectivity index (χ0v) is 22.9. The summed E-state index contributed by atoms with van der Waals surface area (Å²) in [6.07, 6.45) is -4.00. The molecule has 0 aliphatic heterocycles. The van der Waals surface area contributed by atoms with Gasteiger partial charge in [0, 0.05) is 32.7 Å². The third-order valence-corrected chi connectivity index (χ3v) is 7.14. The topological polar surface area (TPSA) is 103 Å². The van der Waals surface area contributed by atoms with Gasteiger partial charge in [-0.2, -0.15) is 13.2 Å². The lowest BCUT2D eigenvalue weighted by molar-refractivity contribution is -0.243. The third-order valence-electron chi connectivity index (χ3n) is 7.14. The van der Waals surface area contributed by atoms with Gasteiger partial charge < -0.3 is 30.4 Å². The number of nitrogens with two attached hydrogens (primary N) is 1. The maximum Gasteiger partial charge on any atom is 0.403 e. The van der Waals surface area contributed by atoms with Crippen molar-refractivity contribution < 1.29 is 37.3 Å². The van der Waals surface area contributed by atoms with Crippen LogP contribution in [0.5, 0.6) is 11.5 Å². The van der Waals surface area contributed by atoms with Gasteiger partial charge in [-0.3, -0.25) is 4.79 Å². The van der Waals surface area contributed by atoms with Gasteiger partial charge in [-0.05, 0) is 55.2 Å². The smallest absolute Gasteiger partial charge is 0.403 e. The number of carbonyl (C=O) groups is 1. The largest absolute Gasteiger partial charge is 0.493 e. The first-order chi connectivity index (χ1) is 16.9. The molecule has 2 rings (SSSR count). The number of alkyl halides is 3. The lowest BCUT2D eigenvalue weighted by Gasteiger charge is -2.41. The molecule has 37 heavy (non-hydrogen) atoms. The van der Waals surface area contributed by atoms with Crippen molar-refractivity contribution in [2.75, 3.05) is 34.0 Å².